The summed E-state index contributed by atoms with van der Waals surface area (Å²) in [6.07, 6.45) is 2.02. The fraction of sp³-hybridized carbons (Fsp3) is 0.500. The molecule has 0 spiro atoms. The zero-order valence-corrected chi connectivity index (χ0v) is 12.4. The summed E-state index contributed by atoms with van der Waals surface area (Å²) < 4.78 is 0. The summed E-state index contributed by atoms with van der Waals surface area (Å²) in [5, 5.41) is 2.46. The van der Waals surface area contributed by atoms with Gasteiger partial charge < -0.3 is 5.73 Å². The van der Waals surface area contributed by atoms with E-state index < -0.39 is 0 Å². The van der Waals surface area contributed by atoms with Crippen molar-refractivity contribution in [3.05, 3.63) is 35.9 Å². The third-order valence-corrected chi connectivity index (χ3v) is 3.89. The molecule has 5 nitrogen and oxygen atoms in total. The van der Waals surface area contributed by atoms with E-state index in [9.17, 15) is 9.59 Å². The van der Waals surface area contributed by atoms with Gasteiger partial charge in [0.15, 0.2) is 0 Å². The molecule has 1 heterocycles. The number of amides is 2. The Kier molecular flexibility index (Phi) is 5.47. The van der Waals surface area contributed by atoms with Gasteiger partial charge in [0.25, 0.3) is 0 Å². The number of likely N-dealkylation sites (tertiary alicyclic amines) is 1. The Hall–Kier alpha value is -1.72. The largest absolute Gasteiger partial charge is 0.328 e. The van der Waals surface area contributed by atoms with Gasteiger partial charge in [-0.3, -0.25) is 19.8 Å². The van der Waals surface area contributed by atoms with Crippen molar-refractivity contribution in [3.8, 4) is 0 Å². The molecular weight excluding hydrogens is 266 g/mol. The lowest BCUT2D eigenvalue weighted by molar-refractivity contribution is -0.131. The van der Waals surface area contributed by atoms with Crippen LogP contribution in [0, 0.1) is 0 Å². The van der Waals surface area contributed by atoms with E-state index in [1.54, 1.807) is 0 Å². The minimum atomic E-state index is -0.257. The van der Waals surface area contributed by atoms with Crippen LogP contribution in [0.4, 0.5) is 0 Å². The molecule has 0 aromatic heterocycles. The number of nitrogens with zero attached hydrogens (tertiary/aromatic N) is 1. The summed E-state index contributed by atoms with van der Waals surface area (Å²) >= 11 is 0. The van der Waals surface area contributed by atoms with Crippen LogP contribution < -0.4 is 11.1 Å². The summed E-state index contributed by atoms with van der Waals surface area (Å²) in [5.41, 5.74) is 6.81. The van der Waals surface area contributed by atoms with Crippen LogP contribution in [0.2, 0.25) is 0 Å². The van der Waals surface area contributed by atoms with Gasteiger partial charge in [0, 0.05) is 18.6 Å². The van der Waals surface area contributed by atoms with Crippen molar-refractivity contribution in [1.82, 2.24) is 10.2 Å². The Bertz CT molecular complexity index is 490. The lowest BCUT2D eigenvalue weighted by Crippen LogP contribution is -2.50. The molecule has 0 radical (unpaired) electrons. The van der Waals surface area contributed by atoms with Gasteiger partial charge in [0.1, 0.15) is 0 Å². The number of carbonyl (C=O) groups excluding carboxylic acids is 2. The molecule has 1 aromatic rings. The van der Waals surface area contributed by atoms with E-state index in [-0.39, 0.29) is 36.9 Å². The molecule has 2 atom stereocenters. The fourth-order valence-corrected chi connectivity index (χ4v) is 2.70. The average Bonchev–Trinajstić information content (AvgIpc) is 2.43. The number of hydrogen-bond donors (Lipinski definition) is 2. The van der Waals surface area contributed by atoms with E-state index in [1.165, 1.54) is 0 Å². The number of hydrogen-bond acceptors (Lipinski definition) is 4. The molecule has 2 unspecified atom stereocenters. The van der Waals surface area contributed by atoms with Gasteiger partial charge in [-0.05, 0) is 25.3 Å². The summed E-state index contributed by atoms with van der Waals surface area (Å²) in [5.74, 6) is -0.495. The van der Waals surface area contributed by atoms with E-state index in [2.05, 4.69) is 17.1 Å². The lowest BCUT2D eigenvalue weighted by Gasteiger charge is -2.35. The van der Waals surface area contributed by atoms with Crippen molar-refractivity contribution < 1.29 is 9.59 Å². The number of nitrogens with two attached hydrogens (primary N) is 1. The lowest BCUT2D eigenvalue weighted by atomic mass is 9.99. The van der Waals surface area contributed by atoms with E-state index in [0.717, 1.165) is 24.9 Å². The number of piperidine rings is 1. The summed E-state index contributed by atoms with van der Waals surface area (Å²) in [4.78, 5) is 25.8. The maximum absolute atomic E-state index is 11.9. The highest BCUT2D eigenvalue weighted by atomic mass is 16.2. The van der Waals surface area contributed by atoms with Gasteiger partial charge in [-0.2, -0.15) is 0 Å². The first-order chi connectivity index (χ1) is 10.0. The van der Waals surface area contributed by atoms with E-state index >= 15 is 0 Å². The van der Waals surface area contributed by atoms with Gasteiger partial charge in [0.2, 0.25) is 11.8 Å². The highest BCUT2D eigenvalue weighted by Gasteiger charge is 2.25. The first-order valence-electron chi connectivity index (χ1n) is 7.41. The van der Waals surface area contributed by atoms with Crippen molar-refractivity contribution >= 4 is 11.8 Å². The Morgan fingerprint density at radius 3 is 2.67 bits per heavy atom. The highest BCUT2D eigenvalue weighted by molar-refractivity contribution is 5.96. The number of imide groups is 1. The van der Waals surface area contributed by atoms with Gasteiger partial charge >= 0.3 is 0 Å². The number of carbonyl (C=O) groups is 2. The van der Waals surface area contributed by atoms with Crippen molar-refractivity contribution in [2.24, 2.45) is 5.73 Å². The minimum absolute atomic E-state index is 0.221. The molecule has 0 aliphatic carbocycles. The van der Waals surface area contributed by atoms with Crippen LogP contribution in [0.15, 0.2) is 30.3 Å². The molecule has 2 rings (SSSR count). The molecule has 114 valence electrons. The van der Waals surface area contributed by atoms with Gasteiger partial charge in [-0.1, -0.05) is 30.3 Å². The van der Waals surface area contributed by atoms with Crippen molar-refractivity contribution in [3.63, 3.8) is 0 Å². The van der Waals surface area contributed by atoms with E-state index in [4.69, 9.17) is 5.73 Å². The first kappa shape index (κ1) is 15.7. The first-order valence-corrected chi connectivity index (χ1v) is 7.41. The predicted molar refractivity (Wildman–Crippen MR) is 81.5 cm³/mol. The molecule has 0 bridgehead atoms. The summed E-state index contributed by atoms with van der Waals surface area (Å²) in [6, 6.07) is 9.90. The molecule has 1 aliphatic heterocycles. The third kappa shape index (κ3) is 4.95. The van der Waals surface area contributed by atoms with Crippen molar-refractivity contribution in [1.29, 1.82) is 0 Å². The second-order valence-electron chi connectivity index (χ2n) is 5.74. The summed E-state index contributed by atoms with van der Waals surface area (Å²) in [6.45, 7) is 3.13. The second kappa shape index (κ2) is 7.33. The average molecular weight is 289 g/mol. The SMILES string of the molecule is CC1CC(N)CCN1CC(=O)NC(=O)Cc1ccccc1. The highest BCUT2D eigenvalue weighted by Crippen LogP contribution is 2.15. The molecule has 1 saturated heterocycles. The molecule has 1 aliphatic rings. The molecule has 2 amide bonds. The smallest absolute Gasteiger partial charge is 0.240 e. The Morgan fingerprint density at radius 2 is 2.00 bits per heavy atom. The topological polar surface area (TPSA) is 75.4 Å². The van der Waals surface area contributed by atoms with Gasteiger partial charge in [0.05, 0.1) is 13.0 Å². The van der Waals surface area contributed by atoms with Crippen LogP contribution in [-0.4, -0.2) is 41.9 Å². The van der Waals surface area contributed by atoms with Crippen LogP contribution in [0.3, 0.4) is 0 Å². The van der Waals surface area contributed by atoms with E-state index in [1.807, 2.05) is 30.3 Å². The molecule has 5 heteroatoms. The maximum atomic E-state index is 11.9. The van der Waals surface area contributed by atoms with Crippen molar-refractivity contribution in [2.75, 3.05) is 13.1 Å². The number of rotatable bonds is 4. The Labute approximate surface area is 125 Å². The van der Waals surface area contributed by atoms with Crippen LogP contribution in [0.1, 0.15) is 25.3 Å². The quantitative estimate of drug-likeness (QED) is 0.855. The Balaban J connectivity index is 1.77. The molecule has 1 aromatic carbocycles. The predicted octanol–water partition coefficient (Wildman–Crippen LogP) is 0.684. The van der Waals surface area contributed by atoms with Crippen LogP contribution in [0.5, 0.6) is 0 Å². The molecule has 0 saturated carbocycles. The number of benzene rings is 1. The zero-order chi connectivity index (χ0) is 15.2. The molecular formula is C16H23N3O2. The van der Waals surface area contributed by atoms with Gasteiger partial charge in [-0.15, -0.1) is 0 Å². The van der Waals surface area contributed by atoms with Crippen LogP contribution in [-0.2, 0) is 16.0 Å². The monoisotopic (exact) mass is 289 g/mol. The van der Waals surface area contributed by atoms with Crippen LogP contribution in [0.25, 0.3) is 0 Å². The Morgan fingerprint density at radius 1 is 1.29 bits per heavy atom. The molecule has 3 N–H and O–H groups in total. The minimum Gasteiger partial charge on any atom is -0.328 e. The molecule has 21 heavy (non-hydrogen) atoms. The standard InChI is InChI=1S/C16H23N3O2/c1-12-9-14(17)7-8-19(12)11-16(21)18-15(20)10-13-5-3-2-4-6-13/h2-6,12,14H,7-11,17H2,1H3,(H,18,20,21). The summed E-state index contributed by atoms with van der Waals surface area (Å²) in [7, 11) is 0. The maximum Gasteiger partial charge on any atom is 0.240 e. The molecule has 1 fully saturated rings. The van der Waals surface area contributed by atoms with Gasteiger partial charge in [-0.25, -0.2) is 0 Å². The normalized spacial score (nSPS) is 22.8. The van der Waals surface area contributed by atoms with E-state index in [0.29, 0.717) is 0 Å². The fourth-order valence-electron chi connectivity index (χ4n) is 2.70. The number of nitrogens with one attached hydrogen (secondary N) is 1. The second-order valence-corrected chi connectivity index (χ2v) is 5.74. The van der Waals surface area contributed by atoms with Crippen LogP contribution >= 0.6 is 0 Å². The van der Waals surface area contributed by atoms with Crippen molar-refractivity contribution in [2.45, 2.75) is 38.3 Å². The third-order valence-electron chi connectivity index (χ3n) is 3.89. The zero-order valence-electron chi connectivity index (χ0n) is 12.4.